The molecule has 2 aromatic heterocycles. The Morgan fingerprint density at radius 1 is 0.975 bits per heavy atom. The van der Waals surface area contributed by atoms with E-state index in [1.165, 1.54) is 5.56 Å². The second-order valence-electron chi connectivity index (χ2n) is 10.2. The maximum Gasteiger partial charge on any atom is 0.255 e. The number of carbonyl (C=O) groups is 1. The van der Waals surface area contributed by atoms with E-state index in [1.807, 2.05) is 49.4 Å². The van der Waals surface area contributed by atoms with E-state index in [1.54, 1.807) is 24.5 Å². The third-order valence-electron chi connectivity index (χ3n) is 6.99. The molecule has 2 heterocycles. The highest BCUT2D eigenvalue weighted by molar-refractivity contribution is 6.04. The Morgan fingerprint density at radius 3 is 2.58 bits per heavy atom. The van der Waals surface area contributed by atoms with Crippen molar-refractivity contribution in [1.29, 1.82) is 0 Å². The van der Waals surface area contributed by atoms with Gasteiger partial charge in [0.25, 0.3) is 5.91 Å². The summed E-state index contributed by atoms with van der Waals surface area (Å²) in [5.41, 5.74) is 4.87. The average Bonchev–Trinajstić information content (AvgIpc) is 2.97. The van der Waals surface area contributed by atoms with E-state index >= 15 is 0 Å². The van der Waals surface area contributed by atoms with Crippen molar-refractivity contribution in [2.24, 2.45) is 0 Å². The summed E-state index contributed by atoms with van der Waals surface area (Å²) in [5, 5.41) is 3.01. The van der Waals surface area contributed by atoms with E-state index in [-0.39, 0.29) is 5.91 Å². The van der Waals surface area contributed by atoms with Gasteiger partial charge in [0.15, 0.2) is 0 Å². The van der Waals surface area contributed by atoms with Crippen molar-refractivity contribution in [1.82, 2.24) is 19.9 Å². The molecule has 0 spiro atoms. The summed E-state index contributed by atoms with van der Waals surface area (Å²) in [6.45, 7) is 13.7. The number of amides is 1. The van der Waals surface area contributed by atoms with Gasteiger partial charge in [-0.15, -0.1) is 0 Å². The van der Waals surface area contributed by atoms with Crippen LogP contribution in [0.5, 0.6) is 11.6 Å². The van der Waals surface area contributed by atoms with Crippen LogP contribution >= 0.6 is 0 Å². The Kier molecular flexibility index (Phi) is 9.97. The van der Waals surface area contributed by atoms with E-state index in [2.05, 4.69) is 53.9 Å². The number of hydrogen-bond acceptors (Lipinski definition) is 6. The molecule has 4 rings (SSSR count). The number of nitrogens with zero attached hydrogens (tertiary/aromatic N) is 4. The number of anilines is 1. The highest BCUT2D eigenvalue weighted by atomic mass is 16.5. The molecule has 40 heavy (non-hydrogen) atoms. The molecule has 0 saturated heterocycles. The van der Waals surface area contributed by atoms with Crippen LogP contribution in [0.15, 0.2) is 73.1 Å². The quantitative estimate of drug-likeness (QED) is 0.204. The topological polar surface area (TPSA) is 80.2 Å². The summed E-state index contributed by atoms with van der Waals surface area (Å²) < 4.78 is 6.31. The lowest BCUT2D eigenvalue weighted by molar-refractivity contribution is 0.102. The molecule has 208 valence electrons. The molecule has 7 heteroatoms. The lowest BCUT2D eigenvalue weighted by atomic mass is 10.0. The van der Waals surface area contributed by atoms with Crippen molar-refractivity contribution < 1.29 is 9.53 Å². The minimum atomic E-state index is -0.197. The average molecular weight is 538 g/mol. The number of hydrogen-bond donors (Lipinski definition) is 1. The van der Waals surface area contributed by atoms with E-state index < -0.39 is 0 Å². The highest BCUT2D eigenvalue weighted by Gasteiger charge is 2.15. The van der Waals surface area contributed by atoms with Crippen LogP contribution in [0, 0.1) is 6.92 Å². The molecule has 0 aliphatic heterocycles. The first-order valence-electron chi connectivity index (χ1n) is 14.1. The Labute approximate surface area is 237 Å². The van der Waals surface area contributed by atoms with Crippen LogP contribution in [0.3, 0.4) is 0 Å². The lowest BCUT2D eigenvalue weighted by Crippen LogP contribution is -2.24. The summed E-state index contributed by atoms with van der Waals surface area (Å²) in [6, 6.07) is 19.1. The first kappa shape index (κ1) is 28.9. The van der Waals surface area contributed by atoms with Crippen LogP contribution in [0.25, 0.3) is 11.3 Å². The fourth-order valence-electron chi connectivity index (χ4n) is 4.47. The standard InChI is InChI=1S/C33H39N5O2/c1-6-38(7-2)20-10-14-31-34-19-17-29(37-31)28-13-9-18-35-33(28)40-30-22-26(16-15-24(30)5)32(39)36-27-12-8-11-25(21-27)23(3)4/h8-9,11-13,15-19,21-23H,6-7,10,14,20H2,1-5H3,(H,36,39). The number of aryl methyl sites for hydroxylation is 2. The van der Waals surface area contributed by atoms with Crippen LogP contribution in [0.4, 0.5) is 5.69 Å². The monoisotopic (exact) mass is 537 g/mol. The molecule has 1 N–H and O–H groups in total. The lowest BCUT2D eigenvalue weighted by Gasteiger charge is -2.17. The predicted octanol–water partition coefficient (Wildman–Crippen LogP) is 7.29. The number of ether oxygens (including phenoxy) is 1. The van der Waals surface area contributed by atoms with Gasteiger partial charge in [-0.3, -0.25) is 4.79 Å². The summed E-state index contributed by atoms with van der Waals surface area (Å²) in [5.74, 6) is 1.98. The fourth-order valence-corrected chi connectivity index (χ4v) is 4.47. The molecule has 0 atom stereocenters. The van der Waals surface area contributed by atoms with Crippen LogP contribution < -0.4 is 10.1 Å². The third-order valence-corrected chi connectivity index (χ3v) is 6.99. The third kappa shape index (κ3) is 7.51. The minimum Gasteiger partial charge on any atom is -0.438 e. The molecule has 1 amide bonds. The predicted molar refractivity (Wildman–Crippen MR) is 161 cm³/mol. The molecule has 0 radical (unpaired) electrons. The summed E-state index contributed by atoms with van der Waals surface area (Å²) in [4.78, 5) is 29.3. The first-order valence-corrected chi connectivity index (χ1v) is 14.1. The van der Waals surface area contributed by atoms with Gasteiger partial charge in [-0.05, 0) is 92.5 Å². The second-order valence-corrected chi connectivity index (χ2v) is 10.2. The van der Waals surface area contributed by atoms with Gasteiger partial charge in [-0.1, -0.05) is 45.9 Å². The van der Waals surface area contributed by atoms with E-state index in [0.717, 1.165) is 60.8 Å². The van der Waals surface area contributed by atoms with Gasteiger partial charge in [-0.2, -0.15) is 0 Å². The van der Waals surface area contributed by atoms with E-state index in [0.29, 0.717) is 23.1 Å². The van der Waals surface area contributed by atoms with Gasteiger partial charge < -0.3 is 15.0 Å². The summed E-state index contributed by atoms with van der Waals surface area (Å²) in [6.07, 6.45) is 5.28. The maximum absolute atomic E-state index is 13.1. The maximum atomic E-state index is 13.1. The molecule has 0 fully saturated rings. The van der Waals surface area contributed by atoms with Crippen molar-refractivity contribution in [2.75, 3.05) is 25.0 Å². The largest absolute Gasteiger partial charge is 0.438 e. The molecule has 0 unspecified atom stereocenters. The zero-order valence-electron chi connectivity index (χ0n) is 24.1. The number of benzene rings is 2. The Bertz CT molecular complexity index is 1430. The van der Waals surface area contributed by atoms with Gasteiger partial charge in [0, 0.05) is 30.1 Å². The molecule has 0 aliphatic rings. The van der Waals surface area contributed by atoms with Gasteiger partial charge in [0.1, 0.15) is 11.6 Å². The minimum absolute atomic E-state index is 0.197. The summed E-state index contributed by atoms with van der Waals surface area (Å²) in [7, 11) is 0. The molecule has 7 nitrogen and oxygen atoms in total. The van der Waals surface area contributed by atoms with Crippen molar-refractivity contribution in [3.8, 4) is 22.9 Å². The van der Waals surface area contributed by atoms with Crippen molar-refractivity contribution >= 4 is 11.6 Å². The SMILES string of the molecule is CCN(CC)CCCc1nccc(-c2cccnc2Oc2cc(C(=O)Nc3cccc(C(C)C)c3)ccc2C)n1. The van der Waals surface area contributed by atoms with Crippen molar-refractivity contribution in [2.45, 2.75) is 53.4 Å². The van der Waals surface area contributed by atoms with Gasteiger partial charge in [0.05, 0.1) is 11.3 Å². The molecule has 0 saturated carbocycles. The number of pyridine rings is 1. The Morgan fingerprint density at radius 2 is 1.80 bits per heavy atom. The van der Waals surface area contributed by atoms with Gasteiger partial charge in [-0.25, -0.2) is 15.0 Å². The molecular formula is C33H39N5O2. The number of aromatic nitrogens is 3. The summed E-state index contributed by atoms with van der Waals surface area (Å²) >= 11 is 0. The van der Waals surface area contributed by atoms with E-state index in [9.17, 15) is 4.79 Å². The van der Waals surface area contributed by atoms with Gasteiger partial charge in [0.2, 0.25) is 5.88 Å². The van der Waals surface area contributed by atoms with Crippen molar-refractivity contribution in [3.05, 3.63) is 95.6 Å². The number of carbonyl (C=O) groups excluding carboxylic acids is 1. The first-order chi connectivity index (χ1) is 19.4. The number of nitrogens with one attached hydrogen (secondary N) is 1. The Balaban J connectivity index is 1.52. The molecule has 0 aliphatic carbocycles. The van der Waals surface area contributed by atoms with Crippen LogP contribution in [0.1, 0.15) is 67.3 Å². The molecule has 4 aromatic rings. The zero-order chi connectivity index (χ0) is 28.5. The molecule has 0 bridgehead atoms. The van der Waals surface area contributed by atoms with Crippen LogP contribution in [-0.2, 0) is 6.42 Å². The zero-order valence-corrected chi connectivity index (χ0v) is 24.1. The normalized spacial score (nSPS) is 11.2. The smallest absolute Gasteiger partial charge is 0.255 e. The molecule has 2 aromatic carbocycles. The number of rotatable bonds is 12. The molecular weight excluding hydrogens is 498 g/mol. The van der Waals surface area contributed by atoms with Crippen molar-refractivity contribution in [3.63, 3.8) is 0 Å². The Hall–Kier alpha value is -4.10. The second kappa shape index (κ2) is 13.8. The fraction of sp³-hybridized carbons (Fsp3) is 0.333. The van der Waals surface area contributed by atoms with Gasteiger partial charge >= 0.3 is 0 Å². The van der Waals surface area contributed by atoms with Crippen LogP contribution in [-0.4, -0.2) is 45.4 Å². The highest BCUT2D eigenvalue weighted by Crippen LogP contribution is 2.32. The van der Waals surface area contributed by atoms with E-state index in [4.69, 9.17) is 9.72 Å². The van der Waals surface area contributed by atoms with Crippen LogP contribution in [0.2, 0.25) is 0 Å².